The van der Waals surface area contributed by atoms with E-state index in [0.717, 1.165) is 32.3 Å². The molecule has 0 saturated heterocycles. The lowest BCUT2D eigenvalue weighted by Gasteiger charge is -2.21. The molecule has 1 aromatic rings. The van der Waals surface area contributed by atoms with E-state index in [-0.39, 0.29) is 0 Å². The molecule has 0 amide bonds. The number of ether oxygens (including phenoxy) is 1. The maximum Gasteiger partial charge on any atom is 0.0589 e. The molecule has 3 heteroatoms. The number of benzene rings is 1. The van der Waals surface area contributed by atoms with Gasteiger partial charge in [0, 0.05) is 38.5 Å². The van der Waals surface area contributed by atoms with Gasteiger partial charge in [0.1, 0.15) is 0 Å². The molecular weight excluding hydrogens is 224 g/mol. The van der Waals surface area contributed by atoms with Crippen molar-refractivity contribution in [3.63, 3.8) is 0 Å². The molecule has 100 valence electrons. The van der Waals surface area contributed by atoms with Crippen molar-refractivity contribution in [1.29, 1.82) is 0 Å². The average molecular weight is 248 g/mol. The van der Waals surface area contributed by atoms with Gasteiger partial charge in [-0.25, -0.2) is 0 Å². The van der Waals surface area contributed by atoms with Crippen molar-refractivity contribution in [2.45, 2.75) is 25.8 Å². The fourth-order valence-electron chi connectivity index (χ4n) is 2.14. The maximum atomic E-state index is 5.17. The van der Waals surface area contributed by atoms with Crippen LogP contribution in [0.3, 0.4) is 0 Å². The smallest absolute Gasteiger partial charge is 0.0589 e. The van der Waals surface area contributed by atoms with Gasteiger partial charge >= 0.3 is 0 Å². The number of hydrogen-bond acceptors (Lipinski definition) is 3. The molecule has 1 fully saturated rings. The largest absolute Gasteiger partial charge is 0.384 e. The van der Waals surface area contributed by atoms with Gasteiger partial charge in [0.15, 0.2) is 0 Å². The Morgan fingerprint density at radius 1 is 1.22 bits per heavy atom. The molecule has 0 heterocycles. The van der Waals surface area contributed by atoms with Crippen molar-refractivity contribution < 1.29 is 4.74 Å². The van der Waals surface area contributed by atoms with E-state index >= 15 is 0 Å². The molecule has 0 bridgehead atoms. The van der Waals surface area contributed by atoms with Gasteiger partial charge in [-0.05, 0) is 31.9 Å². The molecular formula is C15H24N2O. The highest BCUT2D eigenvalue weighted by atomic mass is 16.5. The summed E-state index contributed by atoms with van der Waals surface area (Å²) in [5.74, 6) is 0. The zero-order valence-electron chi connectivity index (χ0n) is 11.5. The predicted molar refractivity (Wildman–Crippen MR) is 76.1 cm³/mol. The first-order chi connectivity index (χ1) is 8.79. The first-order valence-corrected chi connectivity index (χ1v) is 6.83. The predicted octanol–water partition coefficient (Wildman–Crippen LogP) is 2.52. The van der Waals surface area contributed by atoms with Gasteiger partial charge in [-0.15, -0.1) is 0 Å². The number of hydrogen-bond donors (Lipinski definition) is 1. The summed E-state index contributed by atoms with van der Waals surface area (Å²) >= 11 is 0. The lowest BCUT2D eigenvalue weighted by molar-refractivity contribution is 0.146. The minimum atomic E-state index is 0.806. The summed E-state index contributed by atoms with van der Waals surface area (Å²) in [6.45, 7) is 6.10. The van der Waals surface area contributed by atoms with E-state index in [9.17, 15) is 0 Å². The SMILES string of the molecule is COCCN(CCNc1ccc(C)cc1)C1CC1. The number of anilines is 1. The summed E-state index contributed by atoms with van der Waals surface area (Å²) in [4.78, 5) is 2.53. The molecule has 18 heavy (non-hydrogen) atoms. The standard InChI is InChI=1S/C15H24N2O/c1-13-3-5-14(6-4-13)16-9-10-17(11-12-18-2)15-7-8-15/h3-6,15-16H,7-12H2,1-2H3. The molecule has 0 radical (unpaired) electrons. The van der Waals surface area contributed by atoms with Gasteiger partial charge in [0.2, 0.25) is 0 Å². The van der Waals surface area contributed by atoms with Crippen LogP contribution in [0.25, 0.3) is 0 Å². The second-order valence-electron chi connectivity index (χ2n) is 5.05. The normalized spacial score (nSPS) is 15.1. The third kappa shape index (κ3) is 4.31. The minimum Gasteiger partial charge on any atom is -0.384 e. The zero-order valence-corrected chi connectivity index (χ0v) is 11.5. The fraction of sp³-hybridized carbons (Fsp3) is 0.600. The molecule has 2 rings (SSSR count). The van der Waals surface area contributed by atoms with Gasteiger partial charge in [-0.3, -0.25) is 4.90 Å². The van der Waals surface area contributed by atoms with Crippen LogP contribution in [0.5, 0.6) is 0 Å². The van der Waals surface area contributed by atoms with E-state index in [0.29, 0.717) is 0 Å². The molecule has 1 aliphatic carbocycles. The summed E-state index contributed by atoms with van der Waals surface area (Å²) in [5.41, 5.74) is 2.52. The van der Waals surface area contributed by atoms with E-state index < -0.39 is 0 Å². The lowest BCUT2D eigenvalue weighted by atomic mass is 10.2. The Labute approximate surface area is 110 Å². The van der Waals surface area contributed by atoms with E-state index in [1.165, 1.54) is 24.1 Å². The Kier molecular flexibility index (Phi) is 5.02. The summed E-state index contributed by atoms with van der Waals surface area (Å²) < 4.78 is 5.17. The van der Waals surface area contributed by atoms with Gasteiger partial charge in [-0.1, -0.05) is 17.7 Å². The number of nitrogens with zero attached hydrogens (tertiary/aromatic N) is 1. The van der Waals surface area contributed by atoms with Crippen molar-refractivity contribution in [2.24, 2.45) is 0 Å². The number of rotatable bonds is 8. The molecule has 0 atom stereocenters. The molecule has 0 spiro atoms. The monoisotopic (exact) mass is 248 g/mol. The third-order valence-corrected chi connectivity index (χ3v) is 3.43. The lowest BCUT2D eigenvalue weighted by Crippen LogP contribution is -2.33. The molecule has 1 N–H and O–H groups in total. The van der Waals surface area contributed by atoms with E-state index in [4.69, 9.17) is 4.74 Å². The minimum absolute atomic E-state index is 0.806. The molecule has 0 aromatic heterocycles. The van der Waals surface area contributed by atoms with Crippen molar-refractivity contribution in [1.82, 2.24) is 4.90 Å². The highest BCUT2D eigenvalue weighted by Crippen LogP contribution is 2.26. The quantitative estimate of drug-likeness (QED) is 0.765. The summed E-state index contributed by atoms with van der Waals surface area (Å²) in [7, 11) is 1.77. The van der Waals surface area contributed by atoms with Crippen LogP contribution in [-0.4, -0.2) is 44.3 Å². The Morgan fingerprint density at radius 2 is 1.94 bits per heavy atom. The van der Waals surface area contributed by atoms with Crippen molar-refractivity contribution in [3.05, 3.63) is 29.8 Å². The van der Waals surface area contributed by atoms with Crippen molar-refractivity contribution >= 4 is 5.69 Å². The molecule has 0 unspecified atom stereocenters. The maximum absolute atomic E-state index is 5.17. The van der Waals surface area contributed by atoms with Gasteiger partial charge < -0.3 is 10.1 Å². The van der Waals surface area contributed by atoms with Crippen LogP contribution in [0, 0.1) is 6.92 Å². The van der Waals surface area contributed by atoms with Crippen LogP contribution >= 0.6 is 0 Å². The Bertz CT molecular complexity index is 346. The second kappa shape index (κ2) is 6.76. The summed E-state index contributed by atoms with van der Waals surface area (Å²) in [6, 6.07) is 9.38. The number of nitrogens with one attached hydrogen (secondary N) is 1. The third-order valence-electron chi connectivity index (χ3n) is 3.43. The van der Waals surface area contributed by atoms with Crippen molar-refractivity contribution in [3.8, 4) is 0 Å². The number of methoxy groups -OCH3 is 1. The van der Waals surface area contributed by atoms with Crippen LogP contribution in [0.4, 0.5) is 5.69 Å². The van der Waals surface area contributed by atoms with Crippen LogP contribution < -0.4 is 5.32 Å². The van der Waals surface area contributed by atoms with Crippen LogP contribution in [0.15, 0.2) is 24.3 Å². The fourth-order valence-corrected chi connectivity index (χ4v) is 2.14. The van der Waals surface area contributed by atoms with E-state index in [1.807, 2.05) is 0 Å². The van der Waals surface area contributed by atoms with Crippen LogP contribution in [0.1, 0.15) is 18.4 Å². The molecule has 1 saturated carbocycles. The van der Waals surface area contributed by atoms with Crippen LogP contribution in [-0.2, 0) is 4.74 Å². The molecule has 1 aromatic carbocycles. The first kappa shape index (κ1) is 13.4. The Balaban J connectivity index is 1.70. The first-order valence-electron chi connectivity index (χ1n) is 6.83. The topological polar surface area (TPSA) is 24.5 Å². The van der Waals surface area contributed by atoms with Gasteiger partial charge in [0.25, 0.3) is 0 Å². The summed E-state index contributed by atoms with van der Waals surface area (Å²) in [6.07, 6.45) is 2.71. The average Bonchev–Trinajstić information content (AvgIpc) is 3.20. The second-order valence-corrected chi connectivity index (χ2v) is 5.05. The van der Waals surface area contributed by atoms with Gasteiger partial charge in [-0.2, -0.15) is 0 Å². The van der Waals surface area contributed by atoms with Crippen LogP contribution in [0.2, 0.25) is 0 Å². The highest BCUT2D eigenvalue weighted by Gasteiger charge is 2.27. The van der Waals surface area contributed by atoms with E-state index in [1.54, 1.807) is 7.11 Å². The zero-order chi connectivity index (χ0) is 12.8. The Hall–Kier alpha value is -1.06. The van der Waals surface area contributed by atoms with Crippen molar-refractivity contribution in [2.75, 3.05) is 38.7 Å². The highest BCUT2D eigenvalue weighted by molar-refractivity contribution is 5.44. The van der Waals surface area contributed by atoms with Gasteiger partial charge in [0.05, 0.1) is 6.61 Å². The van der Waals surface area contributed by atoms with E-state index in [2.05, 4.69) is 41.4 Å². The summed E-state index contributed by atoms with van der Waals surface area (Å²) in [5, 5.41) is 3.48. The molecule has 1 aliphatic rings. The Morgan fingerprint density at radius 3 is 2.56 bits per heavy atom. The molecule has 3 nitrogen and oxygen atoms in total. The molecule has 0 aliphatic heterocycles. The number of aryl methyl sites for hydroxylation is 1.